The van der Waals surface area contributed by atoms with Gasteiger partial charge in [-0.25, -0.2) is 4.98 Å². The highest BCUT2D eigenvalue weighted by Gasteiger charge is 2.00. The van der Waals surface area contributed by atoms with E-state index >= 15 is 0 Å². The molecule has 94 valence electrons. The predicted octanol–water partition coefficient (Wildman–Crippen LogP) is 3.61. The molecule has 0 amide bonds. The highest BCUT2D eigenvalue weighted by molar-refractivity contribution is 9.10. The molecule has 0 aliphatic rings. The van der Waals surface area contributed by atoms with E-state index in [0.717, 1.165) is 15.8 Å². The Hall–Kier alpha value is -1.55. The quantitative estimate of drug-likeness (QED) is 0.791. The van der Waals surface area contributed by atoms with Gasteiger partial charge in [0.25, 0.3) is 0 Å². The maximum absolute atomic E-state index is 5.52. The number of pyridine rings is 1. The molecule has 0 spiro atoms. The lowest BCUT2D eigenvalue weighted by atomic mass is 10.3. The topological polar surface area (TPSA) is 31.4 Å². The van der Waals surface area contributed by atoms with Crippen molar-refractivity contribution in [1.29, 1.82) is 0 Å². The van der Waals surface area contributed by atoms with Crippen LogP contribution in [-0.4, -0.2) is 18.2 Å². The molecule has 0 aliphatic carbocycles. The predicted molar refractivity (Wildman–Crippen MR) is 74.1 cm³/mol. The van der Waals surface area contributed by atoms with Gasteiger partial charge in [0.15, 0.2) is 0 Å². The second-order valence-corrected chi connectivity index (χ2v) is 4.64. The number of hydrogen-bond donors (Lipinski definition) is 0. The summed E-state index contributed by atoms with van der Waals surface area (Å²) in [7, 11) is 0. The molecule has 0 aliphatic heterocycles. The largest absolute Gasteiger partial charge is 0.490 e. The number of rotatable bonds is 5. The highest BCUT2D eigenvalue weighted by Crippen LogP contribution is 2.18. The van der Waals surface area contributed by atoms with Crippen LogP contribution in [0.5, 0.6) is 11.6 Å². The lowest BCUT2D eigenvalue weighted by molar-refractivity contribution is 0.212. The Morgan fingerprint density at radius 1 is 1.11 bits per heavy atom. The van der Waals surface area contributed by atoms with Crippen molar-refractivity contribution in [1.82, 2.24) is 4.98 Å². The number of para-hydroxylation sites is 1. The molecule has 0 saturated heterocycles. The van der Waals surface area contributed by atoms with Crippen LogP contribution in [0.3, 0.4) is 0 Å². The zero-order valence-corrected chi connectivity index (χ0v) is 11.7. The Balaban J connectivity index is 1.77. The highest BCUT2D eigenvalue weighted by atomic mass is 79.9. The van der Waals surface area contributed by atoms with Crippen molar-refractivity contribution in [2.24, 2.45) is 0 Å². The number of halogens is 1. The van der Waals surface area contributed by atoms with E-state index in [9.17, 15) is 0 Å². The van der Waals surface area contributed by atoms with E-state index in [1.54, 1.807) is 6.20 Å². The van der Waals surface area contributed by atoms with Gasteiger partial charge < -0.3 is 9.47 Å². The molecule has 0 atom stereocenters. The fourth-order valence-corrected chi connectivity index (χ4v) is 1.63. The summed E-state index contributed by atoms with van der Waals surface area (Å²) in [5.41, 5.74) is 1.10. The van der Waals surface area contributed by atoms with Crippen LogP contribution < -0.4 is 9.47 Å². The van der Waals surface area contributed by atoms with Crippen LogP contribution in [-0.2, 0) is 0 Å². The van der Waals surface area contributed by atoms with Gasteiger partial charge in [-0.3, -0.25) is 0 Å². The Morgan fingerprint density at radius 3 is 2.56 bits per heavy atom. The smallest absolute Gasteiger partial charge is 0.213 e. The molecule has 0 fully saturated rings. The zero-order valence-electron chi connectivity index (χ0n) is 10.1. The SMILES string of the molecule is Cc1cc(OCCOc2ccccc2)ncc1Br. The maximum atomic E-state index is 5.52. The van der Waals surface area contributed by atoms with Crippen molar-refractivity contribution in [3.05, 3.63) is 52.6 Å². The van der Waals surface area contributed by atoms with Crippen LogP contribution in [0.15, 0.2) is 47.1 Å². The molecule has 1 aromatic carbocycles. The minimum absolute atomic E-state index is 0.475. The van der Waals surface area contributed by atoms with Gasteiger partial charge in [-0.2, -0.15) is 0 Å². The molecule has 4 heteroatoms. The number of ether oxygens (including phenoxy) is 2. The first kappa shape index (κ1) is 12.9. The van der Waals surface area contributed by atoms with Crippen LogP contribution in [0.1, 0.15) is 5.56 Å². The van der Waals surface area contributed by atoms with Crippen molar-refractivity contribution in [2.45, 2.75) is 6.92 Å². The normalized spacial score (nSPS) is 10.1. The van der Waals surface area contributed by atoms with Crippen molar-refractivity contribution in [2.75, 3.05) is 13.2 Å². The first-order chi connectivity index (χ1) is 8.75. The van der Waals surface area contributed by atoms with E-state index < -0.39 is 0 Å². The summed E-state index contributed by atoms with van der Waals surface area (Å²) in [6.45, 7) is 2.98. The molecule has 18 heavy (non-hydrogen) atoms. The molecule has 1 heterocycles. The average molecular weight is 308 g/mol. The summed E-state index contributed by atoms with van der Waals surface area (Å²) in [4.78, 5) is 4.16. The molecule has 0 saturated carbocycles. The van der Waals surface area contributed by atoms with Crippen molar-refractivity contribution in [3.63, 3.8) is 0 Å². The molecular formula is C14H14BrNO2. The monoisotopic (exact) mass is 307 g/mol. The van der Waals surface area contributed by atoms with Gasteiger partial charge in [0.2, 0.25) is 5.88 Å². The lowest BCUT2D eigenvalue weighted by Crippen LogP contribution is -2.09. The fourth-order valence-electron chi connectivity index (χ4n) is 1.41. The first-order valence-electron chi connectivity index (χ1n) is 5.68. The maximum Gasteiger partial charge on any atom is 0.213 e. The van der Waals surface area contributed by atoms with E-state index in [2.05, 4.69) is 20.9 Å². The average Bonchev–Trinajstić information content (AvgIpc) is 2.40. The van der Waals surface area contributed by atoms with Crippen LogP contribution in [0.2, 0.25) is 0 Å². The van der Waals surface area contributed by atoms with Crippen molar-refractivity contribution < 1.29 is 9.47 Å². The third kappa shape index (κ3) is 3.74. The Kier molecular flexibility index (Phi) is 4.59. The summed E-state index contributed by atoms with van der Waals surface area (Å²) in [6.07, 6.45) is 1.74. The molecule has 2 aromatic rings. The van der Waals surface area contributed by atoms with E-state index in [1.165, 1.54) is 0 Å². The van der Waals surface area contributed by atoms with Gasteiger partial charge in [-0.15, -0.1) is 0 Å². The molecule has 0 radical (unpaired) electrons. The third-order valence-electron chi connectivity index (χ3n) is 2.37. The van der Waals surface area contributed by atoms with Gasteiger partial charge in [0.1, 0.15) is 19.0 Å². The number of hydrogen-bond acceptors (Lipinski definition) is 3. The fraction of sp³-hybridized carbons (Fsp3) is 0.214. The molecule has 0 unspecified atom stereocenters. The minimum Gasteiger partial charge on any atom is -0.490 e. The number of benzene rings is 1. The van der Waals surface area contributed by atoms with Crippen LogP contribution in [0, 0.1) is 6.92 Å². The van der Waals surface area contributed by atoms with Crippen LogP contribution >= 0.6 is 15.9 Å². The summed E-state index contributed by atoms with van der Waals surface area (Å²) in [6, 6.07) is 11.6. The molecule has 0 N–H and O–H groups in total. The van der Waals surface area contributed by atoms with Crippen LogP contribution in [0.4, 0.5) is 0 Å². The lowest BCUT2D eigenvalue weighted by Gasteiger charge is -2.08. The van der Waals surface area contributed by atoms with Crippen molar-refractivity contribution in [3.8, 4) is 11.6 Å². The molecule has 0 bridgehead atoms. The van der Waals surface area contributed by atoms with Gasteiger partial charge in [-0.05, 0) is 40.5 Å². The second-order valence-electron chi connectivity index (χ2n) is 3.78. The van der Waals surface area contributed by atoms with E-state index in [4.69, 9.17) is 9.47 Å². The first-order valence-corrected chi connectivity index (χ1v) is 6.48. The number of aromatic nitrogens is 1. The van der Waals surface area contributed by atoms with Crippen LogP contribution in [0.25, 0.3) is 0 Å². The summed E-state index contributed by atoms with van der Waals surface area (Å²) < 4.78 is 12.0. The Bertz CT molecular complexity index is 502. The standard InChI is InChI=1S/C14H14BrNO2/c1-11-9-14(16-10-13(11)15)18-8-7-17-12-5-3-2-4-6-12/h2-6,9-10H,7-8H2,1H3. The molecule has 3 nitrogen and oxygen atoms in total. The Labute approximate surface area is 115 Å². The summed E-state index contributed by atoms with van der Waals surface area (Å²) >= 11 is 3.40. The second kappa shape index (κ2) is 6.40. The van der Waals surface area contributed by atoms with E-state index in [-0.39, 0.29) is 0 Å². The van der Waals surface area contributed by atoms with E-state index in [0.29, 0.717) is 19.1 Å². The number of nitrogens with zero attached hydrogens (tertiary/aromatic N) is 1. The molecular weight excluding hydrogens is 294 g/mol. The third-order valence-corrected chi connectivity index (χ3v) is 3.20. The van der Waals surface area contributed by atoms with Gasteiger partial charge in [0, 0.05) is 16.7 Å². The zero-order chi connectivity index (χ0) is 12.8. The summed E-state index contributed by atoms with van der Waals surface area (Å²) in [5, 5.41) is 0. The molecule has 1 aromatic heterocycles. The van der Waals surface area contributed by atoms with E-state index in [1.807, 2.05) is 43.3 Å². The van der Waals surface area contributed by atoms with Gasteiger partial charge in [0.05, 0.1) is 0 Å². The number of aryl methyl sites for hydroxylation is 1. The van der Waals surface area contributed by atoms with Crippen molar-refractivity contribution >= 4 is 15.9 Å². The van der Waals surface area contributed by atoms with Gasteiger partial charge in [-0.1, -0.05) is 18.2 Å². The minimum atomic E-state index is 0.475. The molecule has 2 rings (SSSR count). The van der Waals surface area contributed by atoms with Gasteiger partial charge >= 0.3 is 0 Å². The summed E-state index contributed by atoms with van der Waals surface area (Å²) in [5.74, 6) is 1.47. The Morgan fingerprint density at radius 2 is 1.83 bits per heavy atom.